The molecule has 1 amide bonds. The SMILES string of the molecule is CCc1ccc(-c2csc3ncnc(SC(CC)C(=O)Nc4ccccc4)c23)cc1. The number of benzene rings is 2. The van der Waals surface area contributed by atoms with Gasteiger partial charge in [0.2, 0.25) is 5.91 Å². The molecule has 0 aliphatic heterocycles. The van der Waals surface area contributed by atoms with E-state index in [1.807, 2.05) is 37.3 Å². The molecule has 0 bridgehead atoms. The highest BCUT2D eigenvalue weighted by Gasteiger charge is 2.22. The van der Waals surface area contributed by atoms with Crippen molar-refractivity contribution in [2.75, 3.05) is 5.32 Å². The molecule has 0 aliphatic carbocycles. The molecule has 30 heavy (non-hydrogen) atoms. The average Bonchev–Trinajstić information content (AvgIpc) is 3.23. The first-order valence-electron chi connectivity index (χ1n) is 10.0. The number of nitrogens with one attached hydrogen (secondary N) is 1. The van der Waals surface area contributed by atoms with Crippen LogP contribution in [0.15, 0.2) is 71.3 Å². The predicted octanol–water partition coefficient (Wildman–Crippen LogP) is 6.43. The van der Waals surface area contributed by atoms with E-state index < -0.39 is 0 Å². The lowest BCUT2D eigenvalue weighted by Gasteiger charge is -2.15. The van der Waals surface area contributed by atoms with Gasteiger partial charge in [-0.25, -0.2) is 9.97 Å². The van der Waals surface area contributed by atoms with Gasteiger partial charge in [-0.05, 0) is 36.1 Å². The Labute approximate surface area is 184 Å². The molecule has 1 N–H and O–H groups in total. The first kappa shape index (κ1) is 20.6. The number of hydrogen-bond acceptors (Lipinski definition) is 5. The Bertz CT molecular complexity index is 1140. The molecule has 4 aromatic rings. The molecule has 2 heterocycles. The zero-order valence-electron chi connectivity index (χ0n) is 17.0. The van der Waals surface area contributed by atoms with Crippen LogP contribution in [0.1, 0.15) is 25.8 Å². The van der Waals surface area contributed by atoms with Crippen molar-refractivity contribution in [2.24, 2.45) is 0 Å². The normalized spacial score (nSPS) is 12.1. The topological polar surface area (TPSA) is 54.9 Å². The first-order chi connectivity index (χ1) is 14.7. The summed E-state index contributed by atoms with van der Waals surface area (Å²) in [5.41, 5.74) is 4.39. The van der Waals surface area contributed by atoms with E-state index in [1.165, 1.54) is 17.3 Å². The molecule has 4 nitrogen and oxygen atoms in total. The zero-order chi connectivity index (χ0) is 20.9. The third kappa shape index (κ3) is 4.40. The summed E-state index contributed by atoms with van der Waals surface area (Å²) in [6.07, 6.45) is 3.32. The molecule has 2 aromatic carbocycles. The highest BCUT2D eigenvalue weighted by atomic mass is 32.2. The van der Waals surface area contributed by atoms with Gasteiger partial charge >= 0.3 is 0 Å². The van der Waals surface area contributed by atoms with E-state index in [-0.39, 0.29) is 11.2 Å². The molecule has 0 saturated heterocycles. The van der Waals surface area contributed by atoms with E-state index in [2.05, 4.69) is 51.9 Å². The second-order valence-corrected chi connectivity index (χ2v) is 8.98. The molecule has 6 heteroatoms. The van der Waals surface area contributed by atoms with Crippen LogP contribution in [0.3, 0.4) is 0 Å². The highest BCUT2D eigenvalue weighted by molar-refractivity contribution is 8.00. The molecule has 0 fully saturated rings. The van der Waals surface area contributed by atoms with Crippen molar-refractivity contribution >= 4 is 44.9 Å². The van der Waals surface area contributed by atoms with Crippen molar-refractivity contribution in [3.05, 3.63) is 71.9 Å². The Morgan fingerprint density at radius 3 is 2.53 bits per heavy atom. The third-order valence-corrected chi connectivity index (χ3v) is 7.22. The summed E-state index contributed by atoms with van der Waals surface area (Å²) in [6, 6.07) is 18.2. The second-order valence-electron chi connectivity index (χ2n) is 6.93. The van der Waals surface area contributed by atoms with Crippen LogP contribution in [0.5, 0.6) is 0 Å². The van der Waals surface area contributed by atoms with Gasteiger partial charge in [0.1, 0.15) is 16.2 Å². The summed E-state index contributed by atoms with van der Waals surface area (Å²) < 4.78 is 0. The summed E-state index contributed by atoms with van der Waals surface area (Å²) in [6.45, 7) is 4.18. The zero-order valence-corrected chi connectivity index (χ0v) is 18.6. The summed E-state index contributed by atoms with van der Waals surface area (Å²) >= 11 is 3.12. The number of carbonyl (C=O) groups is 1. The number of aryl methyl sites for hydroxylation is 1. The van der Waals surface area contributed by atoms with Gasteiger partial charge in [0.25, 0.3) is 0 Å². The molecular formula is C24H23N3OS2. The minimum absolute atomic E-state index is 0.00968. The fraction of sp³-hybridized carbons (Fsp3) is 0.208. The number of para-hydroxylation sites is 1. The van der Waals surface area contributed by atoms with Crippen molar-refractivity contribution in [2.45, 2.75) is 37.0 Å². The van der Waals surface area contributed by atoms with Crippen LogP contribution in [-0.2, 0) is 11.2 Å². The Morgan fingerprint density at radius 1 is 1.07 bits per heavy atom. The molecule has 2 aromatic heterocycles. The molecule has 1 unspecified atom stereocenters. The van der Waals surface area contributed by atoms with Gasteiger partial charge in [-0.2, -0.15) is 0 Å². The van der Waals surface area contributed by atoms with E-state index in [0.29, 0.717) is 6.42 Å². The largest absolute Gasteiger partial charge is 0.325 e. The van der Waals surface area contributed by atoms with Crippen molar-refractivity contribution in [3.8, 4) is 11.1 Å². The number of thiophene rings is 1. The Hall–Kier alpha value is -2.70. The fourth-order valence-corrected chi connectivity index (χ4v) is 5.29. The Morgan fingerprint density at radius 2 is 1.83 bits per heavy atom. The van der Waals surface area contributed by atoms with Gasteiger partial charge in [-0.1, -0.05) is 68.1 Å². The molecule has 152 valence electrons. The van der Waals surface area contributed by atoms with E-state index in [0.717, 1.165) is 38.5 Å². The molecule has 0 aliphatic rings. The van der Waals surface area contributed by atoms with Crippen molar-refractivity contribution < 1.29 is 4.79 Å². The molecule has 0 spiro atoms. The second kappa shape index (κ2) is 9.41. The highest BCUT2D eigenvalue weighted by Crippen LogP contribution is 2.39. The number of carbonyl (C=O) groups excluding carboxylic acids is 1. The van der Waals surface area contributed by atoms with Crippen molar-refractivity contribution in [1.82, 2.24) is 9.97 Å². The summed E-state index contributed by atoms with van der Waals surface area (Å²) in [7, 11) is 0. The standard InChI is InChI=1S/C24H23N3OS2/c1-3-16-10-12-17(13-11-16)19-14-29-23-21(19)24(26-15-25-23)30-20(4-2)22(28)27-18-8-6-5-7-9-18/h5-15,20H,3-4H2,1-2H3,(H,27,28). The number of nitrogens with zero attached hydrogens (tertiary/aromatic N) is 2. The number of fused-ring (bicyclic) bond motifs is 1. The van der Waals surface area contributed by atoms with Crippen molar-refractivity contribution in [3.63, 3.8) is 0 Å². The van der Waals surface area contributed by atoms with Gasteiger partial charge in [-0.15, -0.1) is 11.3 Å². The Balaban J connectivity index is 1.64. The maximum absolute atomic E-state index is 12.9. The number of amides is 1. The van der Waals surface area contributed by atoms with E-state index in [1.54, 1.807) is 17.7 Å². The average molecular weight is 434 g/mol. The first-order valence-corrected chi connectivity index (χ1v) is 11.8. The monoisotopic (exact) mass is 433 g/mol. The predicted molar refractivity (Wildman–Crippen MR) is 127 cm³/mol. The van der Waals surface area contributed by atoms with Gasteiger partial charge in [-0.3, -0.25) is 4.79 Å². The van der Waals surface area contributed by atoms with E-state index >= 15 is 0 Å². The van der Waals surface area contributed by atoms with Crippen LogP contribution in [0.25, 0.3) is 21.3 Å². The summed E-state index contributed by atoms with van der Waals surface area (Å²) in [5, 5.41) is 6.79. The quantitative estimate of drug-likeness (QED) is 0.269. The summed E-state index contributed by atoms with van der Waals surface area (Å²) in [4.78, 5) is 22.8. The van der Waals surface area contributed by atoms with Gasteiger partial charge < -0.3 is 5.32 Å². The smallest absolute Gasteiger partial charge is 0.237 e. The van der Waals surface area contributed by atoms with Crippen LogP contribution in [0, 0.1) is 0 Å². The van der Waals surface area contributed by atoms with Crippen LogP contribution >= 0.6 is 23.1 Å². The number of aromatic nitrogens is 2. The van der Waals surface area contributed by atoms with Crippen LogP contribution in [0.2, 0.25) is 0 Å². The fourth-order valence-electron chi connectivity index (χ4n) is 3.27. The molecular weight excluding hydrogens is 410 g/mol. The van der Waals surface area contributed by atoms with Gasteiger partial charge in [0.15, 0.2) is 0 Å². The third-order valence-electron chi connectivity index (χ3n) is 4.97. The maximum Gasteiger partial charge on any atom is 0.237 e. The summed E-state index contributed by atoms with van der Waals surface area (Å²) in [5.74, 6) is -0.00968. The van der Waals surface area contributed by atoms with E-state index in [9.17, 15) is 4.79 Å². The van der Waals surface area contributed by atoms with E-state index in [4.69, 9.17) is 0 Å². The van der Waals surface area contributed by atoms with Gasteiger partial charge in [0, 0.05) is 16.6 Å². The minimum Gasteiger partial charge on any atom is -0.325 e. The van der Waals surface area contributed by atoms with Crippen LogP contribution in [0.4, 0.5) is 5.69 Å². The van der Waals surface area contributed by atoms with Crippen LogP contribution in [-0.4, -0.2) is 21.1 Å². The van der Waals surface area contributed by atoms with Crippen molar-refractivity contribution in [1.29, 1.82) is 0 Å². The number of thioether (sulfide) groups is 1. The maximum atomic E-state index is 12.9. The number of rotatable bonds is 7. The lowest BCUT2D eigenvalue weighted by molar-refractivity contribution is -0.115. The lowest BCUT2D eigenvalue weighted by Crippen LogP contribution is -2.24. The number of hydrogen-bond donors (Lipinski definition) is 1. The van der Waals surface area contributed by atoms with Gasteiger partial charge in [0.05, 0.1) is 10.6 Å². The molecule has 0 radical (unpaired) electrons. The van der Waals surface area contributed by atoms with Crippen LogP contribution < -0.4 is 5.32 Å². The molecule has 1 atom stereocenters. The lowest BCUT2D eigenvalue weighted by atomic mass is 10.0. The number of anilines is 1. The molecule has 4 rings (SSSR count). The Kier molecular flexibility index (Phi) is 6.45. The molecule has 0 saturated carbocycles. The minimum atomic E-state index is -0.237.